The van der Waals surface area contributed by atoms with E-state index in [1.165, 1.54) is 24.8 Å². The summed E-state index contributed by atoms with van der Waals surface area (Å²) in [6.07, 6.45) is 4.76. The quantitative estimate of drug-likeness (QED) is 0.890. The van der Waals surface area contributed by atoms with Gasteiger partial charge in [-0.05, 0) is 42.7 Å². The van der Waals surface area contributed by atoms with Gasteiger partial charge in [0.15, 0.2) is 0 Å². The molecular weight excluding hydrogens is 302 g/mol. The van der Waals surface area contributed by atoms with Crippen molar-refractivity contribution in [3.63, 3.8) is 0 Å². The van der Waals surface area contributed by atoms with Crippen molar-refractivity contribution in [2.45, 2.75) is 38.6 Å². The van der Waals surface area contributed by atoms with E-state index >= 15 is 0 Å². The molecule has 0 aliphatic heterocycles. The van der Waals surface area contributed by atoms with E-state index < -0.39 is 0 Å². The van der Waals surface area contributed by atoms with Gasteiger partial charge < -0.3 is 5.32 Å². The predicted molar refractivity (Wildman–Crippen MR) is 79.6 cm³/mol. The highest BCUT2D eigenvalue weighted by molar-refractivity contribution is 9.10. The molecule has 4 atom stereocenters. The molecular formula is C16H20BrNO. The second-order valence-electron chi connectivity index (χ2n) is 5.78. The van der Waals surface area contributed by atoms with Crippen molar-refractivity contribution in [1.29, 1.82) is 0 Å². The fraction of sp³-hybridized carbons (Fsp3) is 0.562. The lowest BCUT2D eigenvalue weighted by Crippen LogP contribution is -2.30. The highest BCUT2D eigenvalue weighted by Gasteiger charge is 2.56. The molecule has 2 saturated carbocycles. The van der Waals surface area contributed by atoms with Crippen LogP contribution in [0.25, 0.3) is 0 Å². The van der Waals surface area contributed by atoms with Gasteiger partial charge in [0.05, 0.1) is 6.04 Å². The van der Waals surface area contributed by atoms with Gasteiger partial charge in [-0.3, -0.25) is 4.79 Å². The maximum absolute atomic E-state index is 12.3. The van der Waals surface area contributed by atoms with Crippen LogP contribution >= 0.6 is 15.9 Å². The number of nitrogens with one attached hydrogen (secondary N) is 1. The van der Waals surface area contributed by atoms with Crippen LogP contribution in [0.4, 0.5) is 0 Å². The first-order valence-corrected chi connectivity index (χ1v) is 8.06. The maximum atomic E-state index is 12.3. The van der Waals surface area contributed by atoms with E-state index in [0.717, 1.165) is 10.9 Å². The van der Waals surface area contributed by atoms with Crippen LogP contribution in [-0.2, 0) is 4.79 Å². The van der Waals surface area contributed by atoms with Gasteiger partial charge in [-0.2, -0.15) is 0 Å². The molecule has 0 spiro atoms. The summed E-state index contributed by atoms with van der Waals surface area (Å²) >= 11 is 3.58. The molecule has 0 radical (unpaired) electrons. The van der Waals surface area contributed by atoms with Gasteiger partial charge in [-0.15, -0.1) is 0 Å². The number of amides is 1. The molecule has 19 heavy (non-hydrogen) atoms. The zero-order valence-electron chi connectivity index (χ0n) is 11.2. The van der Waals surface area contributed by atoms with E-state index in [-0.39, 0.29) is 11.9 Å². The van der Waals surface area contributed by atoms with Crippen molar-refractivity contribution >= 4 is 21.8 Å². The van der Waals surface area contributed by atoms with Crippen LogP contribution in [0.5, 0.6) is 0 Å². The number of rotatable bonds is 4. The molecule has 1 aromatic rings. The van der Waals surface area contributed by atoms with Crippen molar-refractivity contribution in [1.82, 2.24) is 5.32 Å². The van der Waals surface area contributed by atoms with Gasteiger partial charge in [-0.1, -0.05) is 47.5 Å². The van der Waals surface area contributed by atoms with Crippen molar-refractivity contribution in [3.05, 3.63) is 34.3 Å². The molecule has 1 unspecified atom stereocenters. The topological polar surface area (TPSA) is 29.1 Å². The van der Waals surface area contributed by atoms with Crippen molar-refractivity contribution in [3.8, 4) is 0 Å². The Labute approximate surface area is 123 Å². The standard InChI is InChI=1S/C16H20BrNO/c1-2-14(12-6-3-4-9-13(12)17)18-16(19)15-10-7-5-8-11(10)15/h3-4,6,9-11,14-15H,2,5,7-8H2,1H3,(H,18,19)/t10-,11+,14-,15?/m1/s1. The molecule has 1 N–H and O–H groups in total. The van der Waals surface area contributed by atoms with Crippen LogP contribution in [0, 0.1) is 17.8 Å². The van der Waals surface area contributed by atoms with Crippen molar-refractivity contribution < 1.29 is 4.79 Å². The van der Waals surface area contributed by atoms with Gasteiger partial charge in [0, 0.05) is 10.4 Å². The number of hydrogen-bond donors (Lipinski definition) is 1. The highest BCUT2D eigenvalue weighted by Crippen LogP contribution is 2.57. The molecule has 0 heterocycles. The molecule has 102 valence electrons. The fourth-order valence-electron chi connectivity index (χ4n) is 3.64. The Morgan fingerprint density at radius 2 is 2.05 bits per heavy atom. The zero-order chi connectivity index (χ0) is 13.4. The number of hydrogen-bond acceptors (Lipinski definition) is 1. The first-order valence-electron chi connectivity index (χ1n) is 7.27. The van der Waals surface area contributed by atoms with E-state index in [4.69, 9.17) is 0 Å². The summed E-state index contributed by atoms with van der Waals surface area (Å²) in [6.45, 7) is 2.12. The number of benzene rings is 1. The van der Waals surface area contributed by atoms with Crippen LogP contribution < -0.4 is 5.32 Å². The van der Waals surface area contributed by atoms with Crippen molar-refractivity contribution in [2.24, 2.45) is 17.8 Å². The lowest BCUT2D eigenvalue weighted by atomic mass is 10.0. The monoisotopic (exact) mass is 321 g/mol. The second kappa shape index (κ2) is 5.28. The Morgan fingerprint density at radius 3 is 2.68 bits per heavy atom. The summed E-state index contributed by atoms with van der Waals surface area (Å²) in [5.41, 5.74) is 1.18. The Bertz CT molecular complexity index is 477. The first-order chi connectivity index (χ1) is 9.22. The summed E-state index contributed by atoms with van der Waals surface area (Å²) in [5, 5.41) is 3.25. The van der Waals surface area contributed by atoms with Crippen LogP contribution in [-0.4, -0.2) is 5.91 Å². The zero-order valence-corrected chi connectivity index (χ0v) is 12.8. The smallest absolute Gasteiger partial charge is 0.224 e. The molecule has 0 bridgehead atoms. The average Bonchev–Trinajstić information content (AvgIpc) is 2.90. The molecule has 2 fully saturated rings. The molecule has 0 aromatic heterocycles. The lowest BCUT2D eigenvalue weighted by molar-refractivity contribution is -0.123. The molecule has 2 nitrogen and oxygen atoms in total. The molecule has 2 aliphatic rings. The summed E-state index contributed by atoms with van der Waals surface area (Å²) < 4.78 is 1.08. The summed E-state index contributed by atoms with van der Waals surface area (Å²) in [5.74, 6) is 1.97. The lowest BCUT2D eigenvalue weighted by Gasteiger charge is -2.19. The molecule has 3 heteroatoms. The van der Waals surface area contributed by atoms with Crippen LogP contribution in [0.15, 0.2) is 28.7 Å². The predicted octanol–water partition coefficient (Wildman–Crippen LogP) is 4.06. The fourth-order valence-corrected chi connectivity index (χ4v) is 4.20. The van der Waals surface area contributed by atoms with Gasteiger partial charge in [0.25, 0.3) is 0 Å². The molecule has 3 rings (SSSR count). The molecule has 0 saturated heterocycles. The number of halogens is 1. The Morgan fingerprint density at radius 1 is 1.37 bits per heavy atom. The molecule has 1 aromatic carbocycles. The van der Waals surface area contributed by atoms with Gasteiger partial charge in [-0.25, -0.2) is 0 Å². The number of fused-ring (bicyclic) bond motifs is 1. The first kappa shape index (κ1) is 13.2. The molecule has 2 aliphatic carbocycles. The van der Waals surface area contributed by atoms with Crippen LogP contribution in [0.2, 0.25) is 0 Å². The minimum absolute atomic E-state index is 0.129. The van der Waals surface area contributed by atoms with Crippen LogP contribution in [0.1, 0.15) is 44.2 Å². The Balaban J connectivity index is 1.67. The molecule has 1 amide bonds. The summed E-state index contributed by atoms with van der Waals surface area (Å²) in [6, 6.07) is 8.29. The maximum Gasteiger partial charge on any atom is 0.224 e. The van der Waals surface area contributed by atoms with E-state index in [9.17, 15) is 4.79 Å². The van der Waals surface area contributed by atoms with Gasteiger partial charge in [0.1, 0.15) is 0 Å². The third-order valence-electron chi connectivity index (χ3n) is 4.71. The Kier molecular flexibility index (Phi) is 3.66. The van der Waals surface area contributed by atoms with Crippen molar-refractivity contribution in [2.75, 3.05) is 0 Å². The summed E-state index contributed by atoms with van der Waals surface area (Å²) in [7, 11) is 0. The number of carbonyl (C=O) groups is 1. The Hall–Kier alpha value is -0.830. The van der Waals surface area contributed by atoms with Gasteiger partial charge in [0.2, 0.25) is 5.91 Å². The normalized spacial score (nSPS) is 29.7. The van der Waals surface area contributed by atoms with E-state index in [1.807, 2.05) is 18.2 Å². The highest BCUT2D eigenvalue weighted by atomic mass is 79.9. The van der Waals surface area contributed by atoms with Crippen LogP contribution in [0.3, 0.4) is 0 Å². The summed E-state index contributed by atoms with van der Waals surface area (Å²) in [4.78, 5) is 12.3. The minimum atomic E-state index is 0.129. The number of carbonyl (C=O) groups excluding carboxylic acids is 1. The van der Waals surface area contributed by atoms with E-state index in [2.05, 4.69) is 34.2 Å². The average molecular weight is 322 g/mol. The third-order valence-corrected chi connectivity index (χ3v) is 5.44. The second-order valence-corrected chi connectivity index (χ2v) is 6.63. The largest absolute Gasteiger partial charge is 0.349 e. The van der Waals surface area contributed by atoms with Gasteiger partial charge >= 0.3 is 0 Å². The van der Waals surface area contributed by atoms with E-state index in [0.29, 0.717) is 17.8 Å². The SMILES string of the molecule is CC[C@@H](NC(=O)C1[C@H]2CCC[C@@H]12)c1ccccc1Br. The third kappa shape index (κ3) is 2.45. The van der Waals surface area contributed by atoms with E-state index in [1.54, 1.807) is 0 Å². The minimum Gasteiger partial charge on any atom is -0.349 e.